The van der Waals surface area contributed by atoms with Crippen LogP contribution in [0, 0.1) is 0 Å². The number of carboxylic acids is 1. The Morgan fingerprint density at radius 2 is 2.00 bits per heavy atom. The van der Waals surface area contributed by atoms with Crippen LogP contribution in [-0.2, 0) is 4.79 Å². The number of hydrogen-bond acceptors (Lipinski definition) is 4. The van der Waals surface area contributed by atoms with Gasteiger partial charge in [-0.2, -0.15) is 0 Å². The standard InChI is InChI=1S/C6H5NO2.CH4N2O/c8-6(9)5-1-3-7-4-2-5;2-3-1-4/h1-4H,(H,8,9);1H,2H2,(H,3,4). The van der Waals surface area contributed by atoms with Crippen molar-refractivity contribution in [3.8, 4) is 0 Å². The molecule has 0 unspecified atom stereocenters. The third-order valence-corrected chi connectivity index (χ3v) is 0.995. The van der Waals surface area contributed by atoms with Gasteiger partial charge in [-0.25, -0.2) is 10.6 Å². The fraction of sp³-hybridized carbons (Fsp3) is 0. The number of rotatable bonds is 2. The Kier molecular flexibility index (Phi) is 5.73. The molecule has 70 valence electrons. The lowest BCUT2D eigenvalue weighted by atomic mass is 10.3. The Bertz CT molecular complexity index is 263. The minimum Gasteiger partial charge on any atom is -0.478 e. The lowest BCUT2D eigenvalue weighted by molar-refractivity contribution is -0.109. The maximum atomic E-state index is 10.2. The van der Waals surface area contributed by atoms with Crippen molar-refractivity contribution in [1.29, 1.82) is 0 Å². The predicted octanol–water partition coefficient (Wildman–Crippen LogP) is -0.614. The highest BCUT2D eigenvalue weighted by Crippen LogP contribution is 1.93. The van der Waals surface area contributed by atoms with E-state index in [-0.39, 0.29) is 5.56 Å². The Balaban J connectivity index is 0.000000310. The summed E-state index contributed by atoms with van der Waals surface area (Å²) >= 11 is 0. The molecule has 6 heteroatoms. The molecule has 0 aliphatic rings. The van der Waals surface area contributed by atoms with Gasteiger partial charge in [-0.3, -0.25) is 15.2 Å². The summed E-state index contributed by atoms with van der Waals surface area (Å²) in [5, 5.41) is 8.36. The summed E-state index contributed by atoms with van der Waals surface area (Å²) in [7, 11) is 0. The summed E-state index contributed by atoms with van der Waals surface area (Å²) in [6, 6.07) is 2.89. The molecule has 0 saturated heterocycles. The first-order chi connectivity index (χ1) is 6.22. The Labute approximate surface area is 74.4 Å². The molecule has 1 amide bonds. The van der Waals surface area contributed by atoms with Gasteiger partial charge in [0.25, 0.3) is 0 Å². The summed E-state index contributed by atoms with van der Waals surface area (Å²) in [6.45, 7) is 0. The molecule has 6 nitrogen and oxygen atoms in total. The number of nitrogens with zero attached hydrogens (tertiary/aromatic N) is 1. The molecule has 0 fully saturated rings. The number of hydrogen-bond donors (Lipinski definition) is 3. The summed E-state index contributed by atoms with van der Waals surface area (Å²) in [4.78, 5) is 22.8. The second kappa shape index (κ2) is 6.74. The van der Waals surface area contributed by atoms with Crippen LogP contribution in [0.3, 0.4) is 0 Å². The molecule has 1 rings (SSSR count). The van der Waals surface area contributed by atoms with Crippen LogP contribution in [0.15, 0.2) is 24.5 Å². The van der Waals surface area contributed by atoms with Gasteiger partial charge in [0.15, 0.2) is 0 Å². The second-order valence-electron chi connectivity index (χ2n) is 1.83. The first-order valence-electron chi connectivity index (χ1n) is 3.25. The lowest BCUT2D eigenvalue weighted by Gasteiger charge is -1.87. The molecule has 4 N–H and O–H groups in total. The number of nitrogens with two attached hydrogens (primary N) is 1. The van der Waals surface area contributed by atoms with E-state index in [1.165, 1.54) is 24.5 Å². The zero-order chi connectivity index (χ0) is 10.1. The quantitative estimate of drug-likeness (QED) is 0.245. The number of nitrogens with one attached hydrogen (secondary N) is 1. The van der Waals surface area contributed by atoms with Crippen molar-refractivity contribution in [1.82, 2.24) is 10.4 Å². The Hall–Kier alpha value is -1.95. The topological polar surface area (TPSA) is 105 Å². The van der Waals surface area contributed by atoms with Gasteiger partial charge in [0, 0.05) is 12.4 Å². The zero-order valence-electron chi connectivity index (χ0n) is 6.68. The van der Waals surface area contributed by atoms with E-state index in [1.807, 2.05) is 0 Å². The molecule has 0 saturated carbocycles. The molecule has 0 radical (unpaired) electrons. The van der Waals surface area contributed by atoms with Crippen LogP contribution in [0.1, 0.15) is 10.4 Å². The average Bonchev–Trinajstić information content (AvgIpc) is 2.19. The van der Waals surface area contributed by atoms with Gasteiger partial charge in [0.1, 0.15) is 0 Å². The molecule has 1 aromatic heterocycles. The van der Waals surface area contributed by atoms with Crippen molar-refractivity contribution in [2.24, 2.45) is 5.84 Å². The van der Waals surface area contributed by atoms with Crippen molar-refractivity contribution >= 4 is 12.4 Å². The first-order valence-corrected chi connectivity index (χ1v) is 3.25. The summed E-state index contributed by atoms with van der Waals surface area (Å²) in [5.41, 5.74) is 2.02. The fourth-order valence-electron chi connectivity index (χ4n) is 0.494. The fourth-order valence-corrected chi connectivity index (χ4v) is 0.494. The highest BCUT2D eigenvalue weighted by atomic mass is 16.4. The number of hydrazine groups is 1. The molecule has 1 aromatic rings. The molecular formula is C7H9N3O3. The zero-order valence-corrected chi connectivity index (χ0v) is 6.68. The number of carbonyl (C=O) groups excluding carboxylic acids is 1. The third-order valence-electron chi connectivity index (χ3n) is 0.995. The number of pyridine rings is 1. The largest absolute Gasteiger partial charge is 0.478 e. The minimum absolute atomic E-state index is 0.269. The average molecular weight is 183 g/mol. The van der Waals surface area contributed by atoms with E-state index in [9.17, 15) is 4.79 Å². The maximum Gasteiger partial charge on any atom is 0.335 e. The second-order valence-corrected chi connectivity index (χ2v) is 1.83. The van der Waals surface area contributed by atoms with Gasteiger partial charge in [0.2, 0.25) is 6.41 Å². The van der Waals surface area contributed by atoms with E-state index in [4.69, 9.17) is 9.90 Å². The van der Waals surface area contributed by atoms with Gasteiger partial charge in [0.05, 0.1) is 5.56 Å². The molecular weight excluding hydrogens is 174 g/mol. The number of amides is 1. The molecule has 0 atom stereocenters. The smallest absolute Gasteiger partial charge is 0.335 e. The van der Waals surface area contributed by atoms with Crippen LogP contribution in [0.5, 0.6) is 0 Å². The molecule has 0 spiro atoms. The van der Waals surface area contributed by atoms with Crippen LogP contribution in [0.25, 0.3) is 0 Å². The number of carbonyl (C=O) groups is 2. The van der Waals surface area contributed by atoms with Crippen LogP contribution < -0.4 is 11.3 Å². The van der Waals surface area contributed by atoms with E-state index in [0.29, 0.717) is 6.41 Å². The van der Waals surface area contributed by atoms with Crippen LogP contribution in [0.4, 0.5) is 0 Å². The van der Waals surface area contributed by atoms with Crippen molar-refractivity contribution in [2.45, 2.75) is 0 Å². The predicted molar refractivity (Wildman–Crippen MR) is 44.6 cm³/mol. The Morgan fingerprint density at radius 1 is 1.54 bits per heavy atom. The molecule has 1 heterocycles. The Morgan fingerprint density at radius 3 is 2.23 bits per heavy atom. The summed E-state index contributed by atoms with van der Waals surface area (Å²) in [5.74, 6) is 3.49. The van der Waals surface area contributed by atoms with Crippen LogP contribution >= 0.6 is 0 Å². The van der Waals surface area contributed by atoms with E-state index in [2.05, 4.69) is 10.8 Å². The third kappa shape index (κ3) is 5.33. The molecule has 13 heavy (non-hydrogen) atoms. The number of aromatic nitrogens is 1. The van der Waals surface area contributed by atoms with Gasteiger partial charge < -0.3 is 5.11 Å². The monoisotopic (exact) mass is 183 g/mol. The van der Waals surface area contributed by atoms with Crippen LogP contribution in [0.2, 0.25) is 0 Å². The van der Waals surface area contributed by atoms with E-state index in [1.54, 1.807) is 5.43 Å². The highest BCUT2D eigenvalue weighted by molar-refractivity contribution is 5.87. The SMILES string of the molecule is NNC=O.O=C(O)c1ccncc1. The number of carboxylic acid groups (broad SMARTS) is 1. The van der Waals surface area contributed by atoms with Gasteiger partial charge in [-0.15, -0.1) is 0 Å². The normalized spacial score (nSPS) is 7.77. The van der Waals surface area contributed by atoms with Gasteiger partial charge in [-0.05, 0) is 12.1 Å². The minimum atomic E-state index is -0.919. The summed E-state index contributed by atoms with van der Waals surface area (Å²) < 4.78 is 0. The van der Waals surface area contributed by atoms with Gasteiger partial charge in [-0.1, -0.05) is 0 Å². The molecule has 0 aliphatic carbocycles. The molecule has 0 bridgehead atoms. The van der Waals surface area contributed by atoms with Crippen LogP contribution in [-0.4, -0.2) is 22.5 Å². The number of aromatic carboxylic acids is 1. The molecule has 0 aromatic carbocycles. The van der Waals surface area contributed by atoms with E-state index >= 15 is 0 Å². The lowest BCUT2D eigenvalue weighted by Crippen LogP contribution is -2.18. The molecule has 0 aliphatic heterocycles. The van der Waals surface area contributed by atoms with Crippen molar-refractivity contribution in [3.05, 3.63) is 30.1 Å². The van der Waals surface area contributed by atoms with Crippen molar-refractivity contribution < 1.29 is 14.7 Å². The highest BCUT2D eigenvalue weighted by Gasteiger charge is 1.97. The van der Waals surface area contributed by atoms with Crippen molar-refractivity contribution in [2.75, 3.05) is 0 Å². The maximum absolute atomic E-state index is 10.2. The van der Waals surface area contributed by atoms with Gasteiger partial charge >= 0.3 is 5.97 Å². The summed E-state index contributed by atoms with van der Waals surface area (Å²) in [6.07, 6.45) is 3.30. The van der Waals surface area contributed by atoms with E-state index < -0.39 is 5.97 Å². The van der Waals surface area contributed by atoms with E-state index in [0.717, 1.165) is 0 Å². The first kappa shape index (κ1) is 11.1. The van der Waals surface area contributed by atoms with Crippen molar-refractivity contribution in [3.63, 3.8) is 0 Å².